The minimum absolute atomic E-state index is 0.762. The zero-order valence-electron chi connectivity index (χ0n) is 5.42. The van der Waals surface area contributed by atoms with Gasteiger partial charge in [-0.05, 0) is 5.75 Å². The van der Waals surface area contributed by atoms with Crippen LogP contribution in [0.3, 0.4) is 0 Å². The molecule has 2 nitrogen and oxygen atoms in total. The van der Waals surface area contributed by atoms with E-state index in [4.69, 9.17) is 5.21 Å². The first-order valence-corrected chi connectivity index (χ1v) is 3.90. The van der Waals surface area contributed by atoms with Crippen molar-refractivity contribution < 1.29 is 5.21 Å². The quantitative estimate of drug-likeness (QED) is 0.460. The van der Waals surface area contributed by atoms with E-state index in [-0.39, 0.29) is 0 Å². The lowest BCUT2D eigenvalue weighted by molar-refractivity contribution is -0.0585. The third-order valence-electron chi connectivity index (χ3n) is 0.763. The molecule has 0 aliphatic carbocycles. The maximum Gasteiger partial charge on any atom is 0.0325 e. The van der Waals surface area contributed by atoms with Gasteiger partial charge in [-0.15, -0.1) is 0 Å². The highest BCUT2D eigenvalue weighted by molar-refractivity contribution is 7.99. The Hall–Kier alpha value is 0.270. The van der Waals surface area contributed by atoms with Crippen molar-refractivity contribution >= 4 is 11.8 Å². The maximum absolute atomic E-state index is 8.60. The zero-order chi connectivity index (χ0) is 6.41. The molecule has 0 aliphatic rings. The molecule has 0 atom stereocenters. The van der Waals surface area contributed by atoms with Gasteiger partial charge < -0.3 is 5.21 Å². The van der Waals surface area contributed by atoms with Crippen LogP contribution in [0.25, 0.3) is 0 Å². The Labute approximate surface area is 54.8 Å². The lowest BCUT2D eigenvalue weighted by atomic mass is 10.7. The van der Waals surface area contributed by atoms with Crippen LogP contribution >= 0.6 is 11.8 Å². The average molecular weight is 135 g/mol. The fourth-order valence-corrected chi connectivity index (χ4v) is 1.02. The summed E-state index contributed by atoms with van der Waals surface area (Å²) in [5.74, 6) is 2.15. The molecule has 0 rings (SSSR count). The molecular formula is C5H13NOS. The lowest BCUT2D eigenvalue weighted by Crippen LogP contribution is -2.15. The van der Waals surface area contributed by atoms with Crippen molar-refractivity contribution in [2.24, 2.45) is 0 Å². The maximum atomic E-state index is 8.60. The lowest BCUT2D eigenvalue weighted by Gasteiger charge is -2.04. The molecule has 0 fully saturated rings. The van der Waals surface area contributed by atoms with Gasteiger partial charge in [0.15, 0.2) is 0 Å². The van der Waals surface area contributed by atoms with Gasteiger partial charge in [0, 0.05) is 19.3 Å². The molecule has 0 spiro atoms. The van der Waals surface area contributed by atoms with Crippen molar-refractivity contribution in [2.75, 3.05) is 25.1 Å². The van der Waals surface area contributed by atoms with Gasteiger partial charge >= 0.3 is 0 Å². The topological polar surface area (TPSA) is 23.5 Å². The van der Waals surface area contributed by atoms with E-state index < -0.39 is 0 Å². The molecule has 0 unspecified atom stereocenters. The van der Waals surface area contributed by atoms with E-state index >= 15 is 0 Å². The van der Waals surface area contributed by atoms with Gasteiger partial charge in [0.05, 0.1) is 0 Å². The van der Waals surface area contributed by atoms with Crippen LogP contribution in [0.2, 0.25) is 0 Å². The minimum atomic E-state index is 0.762. The van der Waals surface area contributed by atoms with Crippen LogP contribution < -0.4 is 0 Å². The first kappa shape index (κ1) is 8.27. The number of hydroxylamine groups is 2. The summed E-state index contributed by atoms with van der Waals surface area (Å²) in [6.07, 6.45) is 0. The normalized spacial score (nSPS) is 10.5. The number of thioether (sulfide) groups is 1. The van der Waals surface area contributed by atoms with E-state index in [0.29, 0.717) is 0 Å². The smallest absolute Gasteiger partial charge is 0.0325 e. The Morgan fingerprint density at radius 1 is 1.62 bits per heavy atom. The van der Waals surface area contributed by atoms with Crippen molar-refractivity contribution in [3.8, 4) is 0 Å². The summed E-state index contributed by atoms with van der Waals surface area (Å²) >= 11 is 1.83. The Morgan fingerprint density at radius 3 is 2.62 bits per heavy atom. The summed E-state index contributed by atoms with van der Waals surface area (Å²) in [4.78, 5) is 0. The molecule has 0 aromatic carbocycles. The summed E-state index contributed by atoms with van der Waals surface area (Å²) in [5, 5.41) is 9.81. The van der Waals surface area contributed by atoms with E-state index in [0.717, 1.165) is 18.1 Å². The summed E-state index contributed by atoms with van der Waals surface area (Å²) in [6.45, 7) is 2.88. The molecule has 0 aliphatic heterocycles. The minimum Gasteiger partial charge on any atom is -0.314 e. The average Bonchev–Trinajstić information content (AvgIpc) is 1.66. The molecule has 0 aromatic heterocycles. The summed E-state index contributed by atoms with van der Waals surface area (Å²) in [6, 6.07) is 0. The Morgan fingerprint density at radius 2 is 2.25 bits per heavy atom. The van der Waals surface area contributed by atoms with Crippen LogP contribution in [0.15, 0.2) is 0 Å². The molecule has 50 valence electrons. The predicted octanol–water partition coefficient (Wildman–Crippen LogP) is 1.06. The molecule has 0 bridgehead atoms. The highest BCUT2D eigenvalue weighted by Gasteiger charge is 1.88. The van der Waals surface area contributed by atoms with Crippen LogP contribution in [0, 0.1) is 0 Å². The largest absolute Gasteiger partial charge is 0.314 e. The van der Waals surface area contributed by atoms with Gasteiger partial charge in [-0.1, -0.05) is 6.92 Å². The summed E-state index contributed by atoms with van der Waals surface area (Å²) < 4.78 is 0. The van der Waals surface area contributed by atoms with E-state index in [1.165, 1.54) is 5.06 Å². The zero-order valence-corrected chi connectivity index (χ0v) is 6.24. The second-order valence-electron chi connectivity index (χ2n) is 1.58. The Balaban J connectivity index is 2.72. The molecule has 0 saturated heterocycles. The Kier molecular flexibility index (Phi) is 5.59. The van der Waals surface area contributed by atoms with Crippen LogP contribution in [0.1, 0.15) is 6.92 Å². The van der Waals surface area contributed by atoms with Gasteiger partial charge in [0.1, 0.15) is 0 Å². The van der Waals surface area contributed by atoms with Crippen molar-refractivity contribution in [2.45, 2.75) is 6.92 Å². The molecule has 0 saturated carbocycles. The standard InChI is InChI=1S/C5H13NOS/c1-3-8-5-4-6(2)7/h7H,3-5H2,1-2H3. The predicted molar refractivity (Wildman–Crippen MR) is 37.4 cm³/mol. The molecule has 1 N–H and O–H groups in total. The molecule has 0 amide bonds. The fourth-order valence-electron chi connectivity index (χ4n) is 0.341. The van der Waals surface area contributed by atoms with Crippen molar-refractivity contribution in [1.82, 2.24) is 5.06 Å². The molecular weight excluding hydrogens is 122 g/mol. The number of rotatable bonds is 4. The first-order chi connectivity index (χ1) is 3.77. The number of nitrogens with zero attached hydrogens (tertiary/aromatic N) is 1. The van der Waals surface area contributed by atoms with E-state index in [2.05, 4.69) is 6.92 Å². The molecule has 0 heterocycles. The van der Waals surface area contributed by atoms with E-state index in [1.807, 2.05) is 11.8 Å². The van der Waals surface area contributed by atoms with Gasteiger partial charge in [-0.2, -0.15) is 16.8 Å². The third kappa shape index (κ3) is 6.27. The second-order valence-corrected chi connectivity index (χ2v) is 2.97. The summed E-state index contributed by atoms with van der Waals surface area (Å²) in [5.41, 5.74) is 0. The molecule has 0 aromatic rings. The number of hydrogen-bond acceptors (Lipinski definition) is 3. The summed E-state index contributed by atoms with van der Waals surface area (Å²) in [7, 11) is 1.66. The van der Waals surface area contributed by atoms with Gasteiger partial charge in [0.25, 0.3) is 0 Å². The second kappa shape index (κ2) is 5.41. The molecule has 0 radical (unpaired) electrons. The SMILES string of the molecule is CCSCCN(C)O. The van der Waals surface area contributed by atoms with Gasteiger partial charge in [-0.25, -0.2) is 0 Å². The first-order valence-electron chi connectivity index (χ1n) is 2.75. The Bertz CT molecular complexity index is 49.7. The van der Waals surface area contributed by atoms with Crippen molar-refractivity contribution in [1.29, 1.82) is 0 Å². The van der Waals surface area contributed by atoms with Crippen LogP contribution in [-0.4, -0.2) is 35.4 Å². The fraction of sp³-hybridized carbons (Fsp3) is 1.00. The van der Waals surface area contributed by atoms with Crippen molar-refractivity contribution in [3.05, 3.63) is 0 Å². The monoisotopic (exact) mass is 135 g/mol. The van der Waals surface area contributed by atoms with E-state index in [1.54, 1.807) is 7.05 Å². The van der Waals surface area contributed by atoms with Crippen LogP contribution in [-0.2, 0) is 0 Å². The van der Waals surface area contributed by atoms with Crippen molar-refractivity contribution in [3.63, 3.8) is 0 Å². The number of hydrogen-bond donors (Lipinski definition) is 1. The van der Waals surface area contributed by atoms with Crippen LogP contribution in [0.4, 0.5) is 0 Å². The highest BCUT2D eigenvalue weighted by Crippen LogP contribution is 1.96. The molecule has 8 heavy (non-hydrogen) atoms. The highest BCUT2D eigenvalue weighted by atomic mass is 32.2. The van der Waals surface area contributed by atoms with Gasteiger partial charge in [0.2, 0.25) is 0 Å². The molecule has 3 heteroatoms. The van der Waals surface area contributed by atoms with E-state index in [9.17, 15) is 0 Å². The third-order valence-corrected chi connectivity index (χ3v) is 1.64. The van der Waals surface area contributed by atoms with Crippen LogP contribution in [0.5, 0.6) is 0 Å². The van der Waals surface area contributed by atoms with Gasteiger partial charge in [-0.3, -0.25) is 0 Å².